The van der Waals surface area contributed by atoms with Crippen molar-refractivity contribution < 1.29 is 29.0 Å². The Hall–Kier alpha value is -3.17. The van der Waals surface area contributed by atoms with Crippen molar-refractivity contribution in [2.75, 3.05) is 19.1 Å². The number of benzene rings is 2. The fraction of sp³-hybridized carbons (Fsp3) is 0.143. The summed E-state index contributed by atoms with van der Waals surface area (Å²) in [4.78, 5) is 37.9. The number of aromatic carboxylic acids is 1. The number of thiocarbonyl (C=S) groups is 1. The number of hydrogen-bond donors (Lipinski definition) is 1. The number of carboxylic acid groups (broad SMARTS) is 1. The van der Waals surface area contributed by atoms with Gasteiger partial charge in [-0.3, -0.25) is 14.5 Å². The van der Waals surface area contributed by atoms with E-state index in [1.54, 1.807) is 36.4 Å². The molecular formula is C21H17NO6S2. The van der Waals surface area contributed by atoms with E-state index in [1.807, 2.05) is 0 Å². The summed E-state index contributed by atoms with van der Waals surface area (Å²) >= 11 is 6.41. The van der Waals surface area contributed by atoms with E-state index in [0.717, 1.165) is 11.8 Å². The van der Waals surface area contributed by atoms with Gasteiger partial charge in [0.05, 0.1) is 24.8 Å². The molecule has 0 atom stereocenters. The molecule has 1 N–H and O–H groups in total. The van der Waals surface area contributed by atoms with Crippen molar-refractivity contribution in [3.05, 3.63) is 58.0 Å². The van der Waals surface area contributed by atoms with Crippen LogP contribution < -0.4 is 14.4 Å². The average Bonchev–Trinajstić information content (AvgIpc) is 3.00. The van der Waals surface area contributed by atoms with Crippen LogP contribution in [-0.2, 0) is 4.79 Å². The molecule has 7 nitrogen and oxygen atoms in total. The zero-order valence-corrected chi connectivity index (χ0v) is 17.9. The maximum absolute atomic E-state index is 13.0. The summed E-state index contributed by atoms with van der Waals surface area (Å²) in [5.41, 5.74) is 1.22. The number of ketones is 1. The molecule has 2 aromatic carbocycles. The van der Waals surface area contributed by atoms with Crippen LogP contribution in [0.1, 0.15) is 33.2 Å². The van der Waals surface area contributed by atoms with Gasteiger partial charge in [-0.25, -0.2) is 4.79 Å². The van der Waals surface area contributed by atoms with Gasteiger partial charge < -0.3 is 14.6 Å². The van der Waals surface area contributed by atoms with Crippen LogP contribution >= 0.6 is 24.0 Å². The number of thioether (sulfide) groups is 1. The van der Waals surface area contributed by atoms with E-state index in [-0.39, 0.29) is 39.2 Å². The number of nitrogens with zero attached hydrogens (tertiary/aromatic N) is 1. The zero-order chi connectivity index (χ0) is 22.0. The minimum absolute atomic E-state index is 0.0639. The summed E-state index contributed by atoms with van der Waals surface area (Å²) in [5, 5.41) is 9.67. The Kier molecular flexibility index (Phi) is 6.23. The van der Waals surface area contributed by atoms with Gasteiger partial charge in [0.25, 0.3) is 5.91 Å². The first-order chi connectivity index (χ1) is 14.3. The largest absolute Gasteiger partial charge is 0.493 e. The van der Waals surface area contributed by atoms with Crippen molar-refractivity contribution in [2.24, 2.45) is 0 Å². The third kappa shape index (κ3) is 3.94. The maximum Gasteiger partial charge on any atom is 0.340 e. The minimum Gasteiger partial charge on any atom is -0.493 e. The van der Waals surface area contributed by atoms with Crippen LogP contribution in [0.25, 0.3) is 6.08 Å². The lowest BCUT2D eigenvalue weighted by Crippen LogP contribution is -2.27. The van der Waals surface area contributed by atoms with E-state index in [2.05, 4.69) is 0 Å². The highest BCUT2D eigenvalue weighted by Crippen LogP contribution is 2.39. The molecule has 1 heterocycles. The number of anilines is 1. The minimum atomic E-state index is -1.22. The lowest BCUT2D eigenvalue weighted by molar-refractivity contribution is -0.113. The van der Waals surface area contributed by atoms with Crippen LogP contribution in [0.2, 0.25) is 0 Å². The second-order valence-electron chi connectivity index (χ2n) is 6.19. The molecule has 0 aromatic heterocycles. The Morgan fingerprint density at radius 2 is 1.77 bits per heavy atom. The molecule has 3 rings (SSSR count). The predicted molar refractivity (Wildman–Crippen MR) is 119 cm³/mol. The van der Waals surface area contributed by atoms with E-state index in [4.69, 9.17) is 21.7 Å². The van der Waals surface area contributed by atoms with Gasteiger partial charge in [0.2, 0.25) is 0 Å². The van der Waals surface area contributed by atoms with E-state index >= 15 is 0 Å². The van der Waals surface area contributed by atoms with Gasteiger partial charge in [0, 0.05) is 5.56 Å². The number of carbonyl (C=O) groups is 3. The van der Waals surface area contributed by atoms with Gasteiger partial charge in [-0.1, -0.05) is 30.0 Å². The Morgan fingerprint density at radius 3 is 2.30 bits per heavy atom. The molecule has 0 spiro atoms. The molecule has 1 aliphatic rings. The molecule has 0 saturated carbocycles. The summed E-state index contributed by atoms with van der Waals surface area (Å²) in [6.07, 6.45) is 1.47. The Balaban J connectivity index is 2.02. The molecule has 0 aliphatic carbocycles. The van der Waals surface area contributed by atoms with Crippen molar-refractivity contribution in [1.82, 2.24) is 0 Å². The second kappa shape index (κ2) is 8.68. The summed E-state index contributed by atoms with van der Waals surface area (Å²) in [6, 6.07) is 9.64. The number of hydrogen-bond acceptors (Lipinski definition) is 7. The van der Waals surface area contributed by atoms with Gasteiger partial charge in [0.15, 0.2) is 21.6 Å². The highest BCUT2D eigenvalue weighted by atomic mass is 32.2. The quantitative estimate of drug-likeness (QED) is 0.407. The van der Waals surface area contributed by atoms with Crippen LogP contribution in [0.5, 0.6) is 11.5 Å². The smallest absolute Gasteiger partial charge is 0.340 e. The molecule has 2 aromatic rings. The zero-order valence-electron chi connectivity index (χ0n) is 16.3. The summed E-state index contributed by atoms with van der Waals surface area (Å²) < 4.78 is 10.7. The fourth-order valence-corrected chi connectivity index (χ4v) is 4.25. The first-order valence-electron chi connectivity index (χ1n) is 8.65. The number of carboxylic acids is 1. The SMILES string of the molecule is COc1ccc(/C=C2/SC(=S)N(c3ccc(C(C)=O)cc3)C2=O)c(C(=O)O)c1OC. The molecule has 1 amide bonds. The normalized spacial score (nSPS) is 14.9. The molecule has 1 aliphatic heterocycles. The molecule has 0 radical (unpaired) electrons. The molecule has 0 bridgehead atoms. The number of rotatable bonds is 6. The van der Waals surface area contributed by atoms with Gasteiger partial charge in [-0.05, 0) is 48.9 Å². The van der Waals surface area contributed by atoms with E-state index < -0.39 is 5.97 Å². The monoisotopic (exact) mass is 443 g/mol. The molecule has 154 valence electrons. The van der Waals surface area contributed by atoms with Crippen molar-refractivity contribution in [3.8, 4) is 11.5 Å². The number of Topliss-reactive ketones (excluding diaryl/α,β-unsaturated/α-hetero) is 1. The number of methoxy groups -OCH3 is 2. The van der Waals surface area contributed by atoms with Gasteiger partial charge in [-0.15, -0.1) is 0 Å². The van der Waals surface area contributed by atoms with Crippen molar-refractivity contribution >= 4 is 57.7 Å². The summed E-state index contributed by atoms with van der Waals surface area (Å²) in [5.74, 6) is -1.35. The number of ether oxygens (including phenoxy) is 2. The molecule has 1 saturated heterocycles. The van der Waals surface area contributed by atoms with E-state index in [9.17, 15) is 19.5 Å². The first kappa shape index (κ1) is 21.5. The van der Waals surface area contributed by atoms with Gasteiger partial charge in [-0.2, -0.15) is 0 Å². The fourth-order valence-electron chi connectivity index (χ4n) is 2.96. The first-order valence-corrected chi connectivity index (χ1v) is 9.88. The van der Waals surface area contributed by atoms with Crippen molar-refractivity contribution in [2.45, 2.75) is 6.92 Å². The molecular weight excluding hydrogens is 426 g/mol. The second-order valence-corrected chi connectivity index (χ2v) is 7.87. The van der Waals surface area contributed by atoms with Gasteiger partial charge >= 0.3 is 5.97 Å². The van der Waals surface area contributed by atoms with E-state index in [1.165, 1.54) is 32.1 Å². The highest BCUT2D eigenvalue weighted by molar-refractivity contribution is 8.27. The van der Waals surface area contributed by atoms with Crippen LogP contribution in [0.15, 0.2) is 41.3 Å². The number of carbonyl (C=O) groups excluding carboxylic acids is 2. The van der Waals surface area contributed by atoms with Crippen LogP contribution in [0, 0.1) is 0 Å². The molecule has 30 heavy (non-hydrogen) atoms. The average molecular weight is 444 g/mol. The molecule has 1 fully saturated rings. The van der Waals surface area contributed by atoms with Crippen LogP contribution in [-0.4, -0.2) is 41.3 Å². The summed E-state index contributed by atoms with van der Waals surface area (Å²) in [7, 11) is 2.75. The standard InChI is InChI=1S/C21H17NO6S2/c1-11(23)12-4-7-14(8-5-12)22-19(24)16(30-21(22)29)10-13-6-9-15(27-2)18(28-3)17(13)20(25)26/h4-10H,1-3H3,(H,25,26)/b16-10+. The van der Waals surface area contributed by atoms with Crippen molar-refractivity contribution in [3.63, 3.8) is 0 Å². The predicted octanol–water partition coefficient (Wildman–Crippen LogP) is 4.01. The van der Waals surface area contributed by atoms with Crippen molar-refractivity contribution in [1.29, 1.82) is 0 Å². The number of amides is 1. The Morgan fingerprint density at radius 1 is 1.10 bits per heavy atom. The Labute approximate surface area is 182 Å². The van der Waals surface area contributed by atoms with Crippen LogP contribution in [0.3, 0.4) is 0 Å². The summed E-state index contributed by atoms with van der Waals surface area (Å²) in [6.45, 7) is 1.46. The lowest BCUT2D eigenvalue weighted by Gasteiger charge is -2.15. The lowest BCUT2D eigenvalue weighted by atomic mass is 10.0. The maximum atomic E-state index is 13.0. The van der Waals surface area contributed by atoms with Gasteiger partial charge in [0.1, 0.15) is 5.56 Å². The van der Waals surface area contributed by atoms with E-state index in [0.29, 0.717) is 15.6 Å². The topological polar surface area (TPSA) is 93.1 Å². The third-order valence-electron chi connectivity index (χ3n) is 4.40. The van der Waals surface area contributed by atoms with Crippen LogP contribution in [0.4, 0.5) is 5.69 Å². The molecule has 9 heteroatoms. The Bertz CT molecular complexity index is 1090. The third-order valence-corrected chi connectivity index (χ3v) is 5.71. The highest BCUT2D eigenvalue weighted by Gasteiger charge is 2.34. The molecule has 0 unspecified atom stereocenters.